The Hall–Kier alpha value is -1.81. The van der Waals surface area contributed by atoms with E-state index in [4.69, 9.17) is 4.74 Å². The predicted molar refractivity (Wildman–Crippen MR) is 102 cm³/mol. The lowest BCUT2D eigenvalue weighted by atomic mass is 9.94. The van der Waals surface area contributed by atoms with Crippen molar-refractivity contribution in [3.8, 4) is 0 Å². The zero-order valence-electron chi connectivity index (χ0n) is 15.9. The monoisotopic (exact) mass is 342 g/mol. The molecule has 2 aliphatic heterocycles. The molecule has 1 aromatic rings. The number of carbonyl (C=O) groups excluding carboxylic acids is 1. The van der Waals surface area contributed by atoms with Gasteiger partial charge >= 0.3 is 6.03 Å². The topological polar surface area (TPSA) is 41.6 Å². The number of hydrogen-bond acceptors (Lipinski definition) is 2. The van der Waals surface area contributed by atoms with E-state index in [1.165, 1.54) is 22.3 Å². The smallest absolute Gasteiger partial charge is 0.317 e. The summed E-state index contributed by atoms with van der Waals surface area (Å²) >= 11 is 0. The van der Waals surface area contributed by atoms with Gasteiger partial charge in [0.2, 0.25) is 0 Å². The summed E-state index contributed by atoms with van der Waals surface area (Å²) in [5.41, 5.74) is 5.08. The molecule has 2 amide bonds. The Morgan fingerprint density at radius 2 is 1.96 bits per heavy atom. The normalized spacial score (nSPS) is 23.1. The van der Waals surface area contributed by atoms with Crippen LogP contribution in [0.15, 0.2) is 24.3 Å². The summed E-state index contributed by atoms with van der Waals surface area (Å²) in [5, 5.41) is 3.19. The number of amides is 2. The molecule has 4 heteroatoms. The van der Waals surface area contributed by atoms with Gasteiger partial charge in [0.15, 0.2) is 0 Å². The summed E-state index contributed by atoms with van der Waals surface area (Å²) in [5.74, 6) is 0. The van der Waals surface area contributed by atoms with Crippen LogP contribution in [0, 0.1) is 13.8 Å². The first kappa shape index (κ1) is 18.0. The average Bonchev–Trinajstić information content (AvgIpc) is 2.53. The van der Waals surface area contributed by atoms with Crippen molar-refractivity contribution < 1.29 is 9.53 Å². The Morgan fingerprint density at radius 3 is 2.56 bits per heavy atom. The van der Waals surface area contributed by atoms with Gasteiger partial charge in [-0.15, -0.1) is 0 Å². The molecule has 4 nitrogen and oxygen atoms in total. The van der Waals surface area contributed by atoms with Crippen LogP contribution in [-0.2, 0) is 4.74 Å². The van der Waals surface area contributed by atoms with Crippen molar-refractivity contribution in [2.24, 2.45) is 0 Å². The summed E-state index contributed by atoms with van der Waals surface area (Å²) in [6, 6.07) is 6.93. The van der Waals surface area contributed by atoms with Gasteiger partial charge in [0.05, 0.1) is 5.60 Å². The largest absolute Gasteiger partial charge is 0.375 e. The van der Waals surface area contributed by atoms with Crippen molar-refractivity contribution in [3.63, 3.8) is 0 Å². The zero-order valence-corrected chi connectivity index (χ0v) is 15.9. The van der Waals surface area contributed by atoms with E-state index in [0.717, 1.165) is 25.8 Å². The van der Waals surface area contributed by atoms with E-state index in [0.29, 0.717) is 13.2 Å². The number of urea groups is 1. The number of hydrogen-bond donors (Lipinski definition) is 1. The summed E-state index contributed by atoms with van der Waals surface area (Å²) in [6.07, 6.45) is 4.88. The van der Waals surface area contributed by atoms with Crippen LogP contribution in [-0.4, -0.2) is 42.3 Å². The summed E-state index contributed by atoms with van der Waals surface area (Å²) in [4.78, 5) is 14.5. The summed E-state index contributed by atoms with van der Waals surface area (Å²) in [7, 11) is 0. The van der Waals surface area contributed by atoms with Crippen molar-refractivity contribution in [1.82, 2.24) is 10.2 Å². The Kier molecular flexibility index (Phi) is 5.19. The van der Waals surface area contributed by atoms with Gasteiger partial charge in [-0.2, -0.15) is 0 Å². The van der Waals surface area contributed by atoms with Crippen molar-refractivity contribution >= 4 is 11.6 Å². The van der Waals surface area contributed by atoms with Crippen LogP contribution in [0.4, 0.5) is 4.79 Å². The van der Waals surface area contributed by atoms with Gasteiger partial charge < -0.3 is 15.0 Å². The number of benzene rings is 1. The first-order valence-electron chi connectivity index (χ1n) is 9.29. The maximum absolute atomic E-state index is 12.6. The standard InChI is InChI=1S/C21H30N2O2/c1-15-11-16(2)13-18(12-15)17-5-8-23(9-6-17)20(24)22-19-7-10-25-21(3,4)14-19/h5,11-13,19H,6-10,14H2,1-4H3,(H,22,24)/t19-/m0/s1. The van der Waals surface area contributed by atoms with Crippen LogP contribution in [0.25, 0.3) is 5.57 Å². The highest BCUT2D eigenvalue weighted by molar-refractivity contribution is 5.77. The van der Waals surface area contributed by atoms with Gasteiger partial charge in [-0.1, -0.05) is 35.4 Å². The maximum Gasteiger partial charge on any atom is 0.317 e. The highest BCUT2D eigenvalue weighted by atomic mass is 16.5. The van der Waals surface area contributed by atoms with Crippen LogP contribution in [0.3, 0.4) is 0 Å². The molecule has 0 saturated carbocycles. The van der Waals surface area contributed by atoms with Gasteiger partial charge in [-0.25, -0.2) is 4.79 Å². The quantitative estimate of drug-likeness (QED) is 0.880. The molecule has 1 fully saturated rings. The second-order valence-corrected chi connectivity index (χ2v) is 8.05. The van der Waals surface area contributed by atoms with Gasteiger partial charge in [-0.3, -0.25) is 0 Å². The summed E-state index contributed by atoms with van der Waals surface area (Å²) in [6.45, 7) is 10.6. The number of aryl methyl sites for hydroxylation is 2. The maximum atomic E-state index is 12.6. The van der Waals surface area contributed by atoms with Gasteiger partial charge in [0.25, 0.3) is 0 Å². The molecule has 0 aromatic heterocycles. The van der Waals surface area contributed by atoms with Crippen LogP contribution in [0.1, 0.15) is 49.8 Å². The van der Waals surface area contributed by atoms with E-state index in [-0.39, 0.29) is 17.7 Å². The zero-order chi connectivity index (χ0) is 18.0. The van der Waals surface area contributed by atoms with Crippen LogP contribution < -0.4 is 5.32 Å². The number of nitrogens with one attached hydrogen (secondary N) is 1. The molecule has 1 N–H and O–H groups in total. The number of nitrogens with zero attached hydrogens (tertiary/aromatic N) is 1. The third-order valence-corrected chi connectivity index (χ3v) is 5.11. The van der Waals surface area contributed by atoms with Gasteiger partial charge in [-0.05, 0) is 58.1 Å². The fourth-order valence-electron chi connectivity index (χ4n) is 3.90. The van der Waals surface area contributed by atoms with E-state index >= 15 is 0 Å². The molecule has 3 rings (SSSR count). The number of carbonyl (C=O) groups is 1. The lowest BCUT2D eigenvalue weighted by molar-refractivity contribution is -0.0615. The molecule has 0 spiro atoms. The fourth-order valence-corrected chi connectivity index (χ4v) is 3.90. The van der Waals surface area contributed by atoms with Crippen molar-refractivity contribution in [3.05, 3.63) is 41.0 Å². The van der Waals surface area contributed by atoms with Crippen LogP contribution >= 0.6 is 0 Å². The van der Waals surface area contributed by atoms with Crippen molar-refractivity contribution in [1.29, 1.82) is 0 Å². The molecule has 0 unspecified atom stereocenters. The molecule has 1 saturated heterocycles. The Morgan fingerprint density at radius 1 is 1.24 bits per heavy atom. The Labute approximate surface area is 151 Å². The molecule has 25 heavy (non-hydrogen) atoms. The molecule has 1 atom stereocenters. The van der Waals surface area contributed by atoms with Crippen LogP contribution in [0.5, 0.6) is 0 Å². The van der Waals surface area contributed by atoms with E-state index in [1.807, 2.05) is 4.90 Å². The third kappa shape index (κ3) is 4.63. The second-order valence-electron chi connectivity index (χ2n) is 8.05. The number of ether oxygens (including phenoxy) is 1. The minimum atomic E-state index is -0.145. The minimum absolute atomic E-state index is 0.0541. The fraction of sp³-hybridized carbons (Fsp3) is 0.571. The van der Waals surface area contributed by atoms with Crippen molar-refractivity contribution in [2.45, 2.75) is 58.6 Å². The molecule has 0 bridgehead atoms. The highest BCUT2D eigenvalue weighted by Gasteiger charge is 2.30. The van der Waals surface area contributed by atoms with Gasteiger partial charge in [0, 0.05) is 25.7 Å². The predicted octanol–water partition coefficient (Wildman–Crippen LogP) is 4.06. The molecule has 0 aliphatic carbocycles. The summed E-state index contributed by atoms with van der Waals surface area (Å²) < 4.78 is 5.73. The van der Waals surface area contributed by atoms with Crippen molar-refractivity contribution in [2.75, 3.05) is 19.7 Å². The first-order valence-corrected chi connectivity index (χ1v) is 9.29. The molecule has 1 aromatic carbocycles. The van der Waals surface area contributed by atoms with E-state index < -0.39 is 0 Å². The molecule has 136 valence electrons. The molecule has 2 aliphatic rings. The number of rotatable bonds is 2. The highest BCUT2D eigenvalue weighted by Crippen LogP contribution is 2.26. The Balaban J connectivity index is 1.59. The molecule has 0 radical (unpaired) electrons. The first-order chi connectivity index (χ1) is 11.8. The molecular weight excluding hydrogens is 312 g/mol. The molecule has 2 heterocycles. The third-order valence-electron chi connectivity index (χ3n) is 5.11. The second kappa shape index (κ2) is 7.20. The lowest BCUT2D eigenvalue weighted by Crippen LogP contribution is -2.50. The van der Waals surface area contributed by atoms with E-state index in [9.17, 15) is 4.79 Å². The lowest BCUT2D eigenvalue weighted by Gasteiger charge is -2.37. The van der Waals surface area contributed by atoms with Gasteiger partial charge in [0.1, 0.15) is 0 Å². The van der Waals surface area contributed by atoms with Crippen LogP contribution in [0.2, 0.25) is 0 Å². The Bertz CT molecular complexity index is 658. The average molecular weight is 342 g/mol. The van der Waals surface area contributed by atoms with E-state index in [1.54, 1.807) is 0 Å². The van der Waals surface area contributed by atoms with E-state index in [2.05, 4.69) is 57.3 Å². The minimum Gasteiger partial charge on any atom is -0.375 e. The molecular formula is C21H30N2O2. The SMILES string of the molecule is Cc1cc(C)cc(C2=CCN(C(=O)N[C@H]3CCOC(C)(C)C3)CC2)c1.